The van der Waals surface area contributed by atoms with Gasteiger partial charge in [-0.05, 0) is 74.4 Å². The zero-order valence-electron chi connectivity index (χ0n) is 25.6. The Balaban J connectivity index is 1.78. The Morgan fingerprint density at radius 1 is 0.844 bits per heavy atom. The second kappa shape index (κ2) is 15.6. The number of para-hydroxylation sites is 1. The van der Waals surface area contributed by atoms with E-state index in [0.29, 0.717) is 28.6 Å². The minimum atomic E-state index is -4.22. The van der Waals surface area contributed by atoms with Crippen LogP contribution in [-0.4, -0.2) is 50.4 Å². The second-order valence-electron chi connectivity index (χ2n) is 10.7. The van der Waals surface area contributed by atoms with Crippen LogP contribution in [0.5, 0.6) is 5.75 Å². The van der Waals surface area contributed by atoms with E-state index in [1.54, 1.807) is 66.7 Å². The van der Waals surface area contributed by atoms with Crippen molar-refractivity contribution in [3.63, 3.8) is 0 Å². The lowest BCUT2D eigenvalue weighted by Crippen LogP contribution is -2.54. The van der Waals surface area contributed by atoms with Crippen LogP contribution in [0, 0.1) is 0 Å². The predicted octanol–water partition coefficient (Wildman–Crippen LogP) is 6.10. The van der Waals surface area contributed by atoms with Gasteiger partial charge in [-0.3, -0.25) is 13.9 Å². The molecule has 4 rings (SSSR count). The molecule has 0 aliphatic rings. The quantitative estimate of drug-likeness (QED) is 0.179. The molecule has 4 aromatic carbocycles. The maximum Gasteiger partial charge on any atom is 0.264 e. The van der Waals surface area contributed by atoms with E-state index < -0.39 is 28.5 Å². The Labute approximate surface area is 270 Å². The molecule has 0 heterocycles. The van der Waals surface area contributed by atoms with Gasteiger partial charge in [0.05, 0.1) is 17.2 Å². The van der Waals surface area contributed by atoms with Gasteiger partial charge in [0, 0.05) is 24.0 Å². The smallest absolute Gasteiger partial charge is 0.264 e. The summed E-state index contributed by atoms with van der Waals surface area (Å²) >= 11 is 6.54. The van der Waals surface area contributed by atoms with Crippen LogP contribution in [-0.2, 0) is 32.6 Å². The van der Waals surface area contributed by atoms with Crippen molar-refractivity contribution in [3.8, 4) is 5.75 Å². The lowest BCUT2D eigenvalue weighted by Gasteiger charge is -2.34. The van der Waals surface area contributed by atoms with Crippen molar-refractivity contribution in [1.29, 1.82) is 0 Å². The van der Waals surface area contributed by atoms with Crippen molar-refractivity contribution in [2.75, 3.05) is 17.5 Å². The summed E-state index contributed by atoms with van der Waals surface area (Å²) in [7, 11) is -4.22. The number of anilines is 1. The van der Waals surface area contributed by atoms with E-state index in [9.17, 15) is 18.0 Å². The van der Waals surface area contributed by atoms with Crippen LogP contribution >= 0.6 is 11.6 Å². The number of nitrogens with zero attached hydrogens (tertiary/aromatic N) is 2. The number of amides is 2. The molecule has 0 fully saturated rings. The number of carbonyl (C=O) groups is 2. The lowest BCUT2D eigenvalue weighted by atomic mass is 10.0. The van der Waals surface area contributed by atoms with Crippen molar-refractivity contribution < 1.29 is 22.7 Å². The Morgan fingerprint density at radius 2 is 1.44 bits per heavy atom. The van der Waals surface area contributed by atoms with Crippen molar-refractivity contribution in [2.24, 2.45) is 0 Å². The first kappa shape index (κ1) is 33.6. The Kier molecular flexibility index (Phi) is 11.6. The van der Waals surface area contributed by atoms with Gasteiger partial charge in [0.15, 0.2) is 0 Å². The summed E-state index contributed by atoms with van der Waals surface area (Å²) in [4.78, 5) is 29.6. The van der Waals surface area contributed by atoms with E-state index in [4.69, 9.17) is 16.3 Å². The summed E-state index contributed by atoms with van der Waals surface area (Å²) in [5.41, 5.74) is 1.78. The van der Waals surface area contributed by atoms with Crippen LogP contribution in [0.25, 0.3) is 0 Å². The summed E-state index contributed by atoms with van der Waals surface area (Å²) in [6.07, 6.45) is 0.215. The van der Waals surface area contributed by atoms with Gasteiger partial charge in [-0.1, -0.05) is 78.3 Å². The molecule has 0 aromatic heterocycles. The Bertz CT molecular complexity index is 1670. The molecule has 1 N–H and O–H groups in total. The van der Waals surface area contributed by atoms with Gasteiger partial charge >= 0.3 is 0 Å². The number of rotatable bonds is 14. The fourth-order valence-electron chi connectivity index (χ4n) is 4.87. The Hall–Kier alpha value is -4.34. The summed E-state index contributed by atoms with van der Waals surface area (Å²) in [5, 5.41) is 3.38. The van der Waals surface area contributed by atoms with Crippen LogP contribution in [0.2, 0.25) is 5.02 Å². The van der Waals surface area contributed by atoms with E-state index in [1.807, 2.05) is 51.1 Å². The number of nitrogens with one attached hydrogen (secondary N) is 1. The van der Waals surface area contributed by atoms with Crippen LogP contribution in [0.3, 0.4) is 0 Å². The third kappa shape index (κ3) is 8.86. The summed E-state index contributed by atoms with van der Waals surface area (Å²) in [6.45, 7) is 5.41. The first-order valence-electron chi connectivity index (χ1n) is 14.8. The highest BCUT2D eigenvalue weighted by Gasteiger charge is 2.35. The summed E-state index contributed by atoms with van der Waals surface area (Å²) < 4.78 is 34.8. The van der Waals surface area contributed by atoms with Crippen LogP contribution in [0.1, 0.15) is 31.9 Å². The fraction of sp³-hybridized carbons (Fsp3) is 0.257. The van der Waals surface area contributed by atoms with Crippen molar-refractivity contribution in [3.05, 3.63) is 125 Å². The van der Waals surface area contributed by atoms with Gasteiger partial charge in [0.25, 0.3) is 10.0 Å². The number of carbonyl (C=O) groups excluding carboxylic acids is 2. The lowest BCUT2D eigenvalue weighted by molar-refractivity contribution is -0.140. The van der Waals surface area contributed by atoms with E-state index in [1.165, 1.54) is 17.0 Å². The maximum atomic E-state index is 14.5. The van der Waals surface area contributed by atoms with Gasteiger partial charge in [-0.2, -0.15) is 0 Å². The minimum Gasteiger partial charge on any atom is -0.494 e. The van der Waals surface area contributed by atoms with E-state index >= 15 is 0 Å². The molecule has 4 aromatic rings. The maximum absolute atomic E-state index is 14.5. The average molecular weight is 648 g/mol. The number of ether oxygens (including phenoxy) is 1. The third-order valence-electron chi connectivity index (χ3n) is 7.05. The van der Waals surface area contributed by atoms with Crippen molar-refractivity contribution >= 4 is 39.1 Å². The molecule has 0 spiro atoms. The normalized spacial score (nSPS) is 11.9. The van der Waals surface area contributed by atoms with Gasteiger partial charge in [0.2, 0.25) is 11.8 Å². The molecule has 10 heteroatoms. The zero-order valence-corrected chi connectivity index (χ0v) is 27.2. The first-order valence-corrected chi connectivity index (χ1v) is 16.6. The number of halogens is 1. The summed E-state index contributed by atoms with van der Waals surface area (Å²) in [5.74, 6) is -0.382. The predicted molar refractivity (Wildman–Crippen MR) is 178 cm³/mol. The van der Waals surface area contributed by atoms with Gasteiger partial charge in [-0.25, -0.2) is 8.42 Å². The highest BCUT2D eigenvalue weighted by atomic mass is 35.5. The largest absolute Gasteiger partial charge is 0.494 e. The van der Waals surface area contributed by atoms with Gasteiger partial charge in [-0.15, -0.1) is 0 Å². The Morgan fingerprint density at radius 3 is 2.04 bits per heavy atom. The molecule has 0 aliphatic carbocycles. The number of benzene rings is 4. The topological polar surface area (TPSA) is 96.0 Å². The van der Waals surface area contributed by atoms with Crippen molar-refractivity contribution in [2.45, 2.75) is 50.7 Å². The van der Waals surface area contributed by atoms with Crippen LogP contribution in [0.4, 0.5) is 5.69 Å². The molecule has 1 unspecified atom stereocenters. The molecule has 236 valence electrons. The highest BCUT2D eigenvalue weighted by Crippen LogP contribution is 2.27. The molecule has 0 saturated carbocycles. The molecular formula is C35H38ClN3O5S. The molecule has 0 radical (unpaired) electrons. The standard InChI is InChI=1S/C35H38ClN3O5S/c1-4-44-30-19-21-31(22-20-30)45(42,43)39(29-16-9-6-10-17-29)25-34(40)38(24-28-15-11-12-18-32(28)36)33(35(41)37-26(2)3)23-27-13-7-5-8-14-27/h5-22,26,33H,4,23-25H2,1-3H3,(H,37,41). The number of hydrogen-bond donors (Lipinski definition) is 1. The first-order chi connectivity index (χ1) is 21.6. The molecule has 45 heavy (non-hydrogen) atoms. The van der Waals surface area contributed by atoms with Crippen molar-refractivity contribution in [1.82, 2.24) is 10.2 Å². The molecule has 0 bridgehead atoms. The number of sulfonamides is 1. The molecule has 0 saturated heterocycles. The third-order valence-corrected chi connectivity index (χ3v) is 9.20. The molecule has 8 nitrogen and oxygen atoms in total. The second-order valence-corrected chi connectivity index (χ2v) is 13.0. The fourth-order valence-corrected chi connectivity index (χ4v) is 6.48. The molecule has 0 aliphatic heterocycles. The van der Waals surface area contributed by atoms with Crippen LogP contribution < -0.4 is 14.4 Å². The average Bonchev–Trinajstić information content (AvgIpc) is 3.03. The van der Waals surface area contributed by atoms with Gasteiger partial charge < -0.3 is 15.0 Å². The van der Waals surface area contributed by atoms with Gasteiger partial charge in [0.1, 0.15) is 18.3 Å². The minimum absolute atomic E-state index is 0.00125. The zero-order chi connectivity index (χ0) is 32.4. The monoisotopic (exact) mass is 647 g/mol. The molecular weight excluding hydrogens is 610 g/mol. The molecule has 2 amide bonds. The highest BCUT2D eigenvalue weighted by molar-refractivity contribution is 7.92. The SMILES string of the molecule is CCOc1ccc(S(=O)(=O)N(CC(=O)N(Cc2ccccc2Cl)C(Cc2ccccc2)C(=O)NC(C)C)c2ccccc2)cc1. The van der Waals surface area contributed by atoms with E-state index in [2.05, 4.69) is 5.32 Å². The van der Waals surface area contributed by atoms with E-state index in [-0.39, 0.29) is 29.8 Å². The van der Waals surface area contributed by atoms with E-state index in [0.717, 1.165) is 9.87 Å². The molecule has 1 atom stereocenters. The number of hydrogen-bond acceptors (Lipinski definition) is 5. The summed E-state index contributed by atoms with van der Waals surface area (Å²) in [6, 6.07) is 29.8. The van der Waals surface area contributed by atoms with Crippen LogP contribution in [0.15, 0.2) is 114 Å².